The Hall–Kier alpha value is -1.85. The minimum atomic E-state index is -1.03. The fraction of sp³-hybridized carbons (Fsp3) is 0.857. The zero-order chi connectivity index (χ0) is 30.2. The van der Waals surface area contributed by atoms with E-state index in [0.29, 0.717) is 12.8 Å². The van der Waals surface area contributed by atoms with Crippen molar-refractivity contribution in [3.8, 4) is 0 Å². The number of unbranched alkanes of at least 4 members (excludes halogenated alkanes) is 20. The van der Waals surface area contributed by atoms with Crippen molar-refractivity contribution in [2.75, 3.05) is 6.54 Å². The Labute approximate surface area is 252 Å². The molecule has 0 bridgehead atoms. The van der Waals surface area contributed by atoms with E-state index in [4.69, 9.17) is 9.84 Å². The van der Waals surface area contributed by atoms with E-state index in [9.17, 15) is 14.4 Å². The van der Waals surface area contributed by atoms with Crippen LogP contribution in [-0.4, -0.2) is 35.6 Å². The second-order valence-electron chi connectivity index (χ2n) is 11.8. The molecule has 2 N–H and O–H groups in total. The fourth-order valence-corrected chi connectivity index (χ4v) is 5.07. The van der Waals surface area contributed by atoms with Crippen LogP contribution in [0.3, 0.4) is 0 Å². The molecule has 1 atom stereocenters. The third kappa shape index (κ3) is 30.9. The molecule has 0 fully saturated rings. The van der Waals surface area contributed by atoms with Crippen LogP contribution in [-0.2, 0) is 19.1 Å². The smallest absolute Gasteiger partial charge is 0.322 e. The van der Waals surface area contributed by atoms with Gasteiger partial charge in [-0.25, -0.2) is 0 Å². The van der Waals surface area contributed by atoms with Gasteiger partial charge in [0.25, 0.3) is 0 Å². The summed E-state index contributed by atoms with van der Waals surface area (Å²) in [6.07, 6.45) is 33.4. The molecule has 0 aliphatic heterocycles. The van der Waals surface area contributed by atoms with Gasteiger partial charge in [-0.3, -0.25) is 14.4 Å². The minimum absolute atomic E-state index is 0.0826. The van der Waals surface area contributed by atoms with E-state index in [1.807, 2.05) is 0 Å². The van der Waals surface area contributed by atoms with Crippen LogP contribution >= 0.6 is 0 Å². The van der Waals surface area contributed by atoms with Gasteiger partial charge in [0.05, 0.1) is 0 Å². The van der Waals surface area contributed by atoms with Crippen LogP contribution in [0.2, 0.25) is 0 Å². The molecule has 0 radical (unpaired) electrons. The van der Waals surface area contributed by atoms with Crippen LogP contribution in [0.15, 0.2) is 12.2 Å². The molecule has 1 unspecified atom stereocenters. The molecule has 0 aromatic carbocycles. The summed E-state index contributed by atoms with van der Waals surface area (Å²) in [5.74, 6) is -1.32. The summed E-state index contributed by atoms with van der Waals surface area (Å²) in [5.41, 5.74) is 0. The van der Waals surface area contributed by atoms with Gasteiger partial charge in [0, 0.05) is 12.8 Å². The minimum Gasteiger partial charge on any atom is -0.480 e. The molecule has 0 aliphatic carbocycles. The van der Waals surface area contributed by atoms with Gasteiger partial charge in [-0.15, -0.1) is 0 Å². The Morgan fingerprint density at radius 3 is 1.63 bits per heavy atom. The molecule has 0 saturated carbocycles. The third-order valence-corrected chi connectivity index (χ3v) is 7.67. The summed E-state index contributed by atoms with van der Waals surface area (Å²) < 4.78 is 5.86. The zero-order valence-electron chi connectivity index (χ0n) is 26.9. The zero-order valence-corrected chi connectivity index (χ0v) is 26.9. The first-order valence-corrected chi connectivity index (χ1v) is 17.3. The number of ether oxygens (including phenoxy) is 1. The molecule has 0 aromatic heterocycles. The van der Waals surface area contributed by atoms with Crippen LogP contribution in [0.25, 0.3) is 0 Å². The maximum atomic E-state index is 12.5. The number of nitrogens with one attached hydrogen (secondary N) is 1. The molecule has 6 heteroatoms. The highest BCUT2D eigenvalue weighted by molar-refractivity contribution is 5.80. The van der Waals surface area contributed by atoms with Crippen molar-refractivity contribution in [3.63, 3.8) is 0 Å². The number of rotatable bonds is 31. The van der Waals surface area contributed by atoms with Crippen LogP contribution in [0.5, 0.6) is 0 Å². The van der Waals surface area contributed by atoms with Gasteiger partial charge < -0.3 is 15.2 Å². The highest BCUT2D eigenvalue weighted by atomic mass is 16.5. The number of carbonyl (C=O) groups is 3. The van der Waals surface area contributed by atoms with Gasteiger partial charge in [0.2, 0.25) is 5.91 Å². The number of carbonyl (C=O) groups excluding carboxylic acids is 2. The van der Waals surface area contributed by atoms with E-state index in [1.165, 1.54) is 103 Å². The fourth-order valence-electron chi connectivity index (χ4n) is 5.07. The first-order chi connectivity index (χ1) is 20.0. The summed E-state index contributed by atoms with van der Waals surface area (Å²) in [7, 11) is 0. The second kappa shape index (κ2) is 31.1. The summed E-state index contributed by atoms with van der Waals surface area (Å²) in [6.45, 7) is 4.17. The predicted molar refractivity (Wildman–Crippen MR) is 171 cm³/mol. The molecule has 0 heterocycles. The van der Waals surface area contributed by atoms with E-state index in [2.05, 4.69) is 31.3 Å². The van der Waals surface area contributed by atoms with Crippen molar-refractivity contribution in [2.24, 2.45) is 0 Å². The molecule has 1 amide bonds. The number of hydrogen-bond acceptors (Lipinski definition) is 4. The number of esters is 1. The monoisotopic (exact) mass is 579 g/mol. The Morgan fingerprint density at radius 1 is 0.634 bits per heavy atom. The Bertz CT molecular complexity index is 648. The lowest BCUT2D eigenvalue weighted by Crippen LogP contribution is -2.28. The van der Waals surface area contributed by atoms with Gasteiger partial charge >= 0.3 is 11.9 Å². The van der Waals surface area contributed by atoms with E-state index < -0.39 is 5.97 Å². The van der Waals surface area contributed by atoms with Gasteiger partial charge in [-0.05, 0) is 44.6 Å². The molecule has 0 spiro atoms. The maximum Gasteiger partial charge on any atom is 0.322 e. The number of hydrogen-bond donors (Lipinski definition) is 2. The van der Waals surface area contributed by atoms with Crippen molar-refractivity contribution in [3.05, 3.63) is 12.2 Å². The lowest BCUT2D eigenvalue weighted by Gasteiger charge is -2.15. The quantitative estimate of drug-likeness (QED) is 0.0484. The van der Waals surface area contributed by atoms with E-state index in [1.54, 1.807) is 0 Å². The van der Waals surface area contributed by atoms with Crippen molar-refractivity contribution in [1.82, 2.24) is 5.32 Å². The largest absolute Gasteiger partial charge is 0.480 e. The summed E-state index contributed by atoms with van der Waals surface area (Å²) in [4.78, 5) is 34.7. The van der Waals surface area contributed by atoms with Crippen molar-refractivity contribution >= 4 is 17.8 Å². The normalized spacial score (nSPS) is 12.0. The third-order valence-electron chi connectivity index (χ3n) is 7.67. The van der Waals surface area contributed by atoms with E-state index in [0.717, 1.165) is 51.4 Å². The number of amides is 1. The lowest BCUT2D eigenvalue weighted by atomic mass is 10.0. The first kappa shape index (κ1) is 39.1. The molecule has 0 saturated heterocycles. The summed E-state index contributed by atoms with van der Waals surface area (Å²) >= 11 is 0. The predicted octanol–water partition coefficient (Wildman–Crippen LogP) is 9.84. The standard InChI is InChI=1S/C35H65NO5/c1-3-5-7-9-11-12-13-14-15-16-18-20-26-30-35(40)41-32(27-23-19-17-10-8-6-4-2)28-24-21-22-25-29-33(37)36-31-34(38)39/h23,27,32H,3-22,24-26,28-31H2,1-2H3,(H,36,37)(H,38,39)/b27-23-. The summed E-state index contributed by atoms with van der Waals surface area (Å²) in [6, 6.07) is 0. The Kier molecular flexibility index (Phi) is 29.7. The highest BCUT2D eigenvalue weighted by Gasteiger charge is 2.12. The van der Waals surface area contributed by atoms with Crippen LogP contribution in [0, 0.1) is 0 Å². The lowest BCUT2D eigenvalue weighted by molar-refractivity contribution is -0.147. The number of carboxylic acid groups (broad SMARTS) is 1. The number of aliphatic carboxylic acids is 1. The van der Waals surface area contributed by atoms with Crippen molar-refractivity contribution in [1.29, 1.82) is 0 Å². The van der Waals surface area contributed by atoms with Gasteiger partial charge in [-0.1, -0.05) is 135 Å². The molecule has 0 aliphatic rings. The van der Waals surface area contributed by atoms with Crippen molar-refractivity contribution < 1.29 is 24.2 Å². The van der Waals surface area contributed by atoms with Gasteiger partial charge in [0.1, 0.15) is 12.6 Å². The van der Waals surface area contributed by atoms with Crippen molar-refractivity contribution in [2.45, 2.75) is 187 Å². The maximum absolute atomic E-state index is 12.5. The summed E-state index contributed by atoms with van der Waals surface area (Å²) in [5, 5.41) is 11.0. The topological polar surface area (TPSA) is 92.7 Å². The molecule has 0 rings (SSSR count). The van der Waals surface area contributed by atoms with E-state index >= 15 is 0 Å². The number of carboxylic acids is 1. The Balaban J connectivity index is 4.11. The van der Waals surface area contributed by atoms with Crippen LogP contribution < -0.4 is 5.32 Å². The van der Waals surface area contributed by atoms with Gasteiger partial charge in [0.15, 0.2) is 0 Å². The van der Waals surface area contributed by atoms with E-state index in [-0.39, 0.29) is 24.5 Å². The molecule has 0 aromatic rings. The molecular weight excluding hydrogens is 514 g/mol. The Morgan fingerprint density at radius 2 is 1.10 bits per heavy atom. The highest BCUT2D eigenvalue weighted by Crippen LogP contribution is 2.16. The van der Waals surface area contributed by atoms with Gasteiger partial charge in [-0.2, -0.15) is 0 Å². The average molecular weight is 580 g/mol. The molecule has 6 nitrogen and oxygen atoms in total. The molecule has 41 heavy (non-hydrogen) atoms. The molecule has 240 valence electrons. The second-order valence-corrected chi connectivity index (χ2v) is 11.8. The van der Waals surface area contributed by atoms with Crippen LogP contribution in [0.1, 0.15) is 181 Å². The first-order valence-electron chi connectivity index (χ1n) is 17.3. The number of allylic oxidation sites excluding steroid dienone is 1. The SMILES string of the molecule is CCCCCCC/C=C\C(CCCCCCC(=O)NCC(=O)O)OC(=O)CCCCCCCCCCCCCCC. The average Bonchev–Trinajstić information content (AvgIpc) is 2.95. The molecular formula is C35H65NO5. The van der Waals surface area contributed by atoms with Crippen LogP contribution in [0.4, 0.5) is 0 Å².